The minimum Gasteiger partial charge on any atom is -0.383 e. The fourth-order valence-electron chi connectivity index (χ4n) is 1.86. The number of nitrogens with one attached hydrogen (secondary N) is 1. The summed E-state index contributed by atoms with van der Waals surface area (Å²) in [5.41, 5.74) is 7.82. The molecule has 1 rings (SSSR count). The van der Waals surface area contributed by atoms with E-state index >= 15 is 0 Å². The van der Waals surface area contributed by atoms with Crippen LogP contribution in [0.15, 0.2) is 24.3 Å². The third kappa shape index (κ3) is 6.04. The van der Waals surface area contributed by atoms with Crippen LogP contribution in [0.3, 0.4) is 0 Å². The molecule has 0 heterocycles. The van der Waals surface area contributed by atoms with Crippen molar-refractivity contribution in [3.05, 3.63) is 29.8 Å². The Bertz CT molecular complexity index is 393. The maximum absolute atomic E-state index is 11.9. The van der Waals surface area contributed by atoms with E-state index in [1.54, 1.807) is 7.11 Å². The van der Waals surface area contributed by atoms with E-state index in [1.807, 2.05) is 31.2 Å². The van der Waals surface area contributed by atoms with Gasteiger partial charge in [0.25, 0.3) is 0 Å². The Hall–Kier alpha value is -1.59. The molecule has 0 fully saturated rings. The van der Waals surface area contributed by atoms with E-state index in [-0.39, 0.29) is 5.91 Å². The topological polar surface area (TPSA) is 67.6 Å². The first-order chi connectivity index (χ1) is 9.67. The fourth-order valence-corrected chi connectivity index (χ4v) is 1.86. The molecule has 20 heavy (non-hydrogen) atoms. The number of methoxy groups -OCH3 is 1. The molecule has 0 saturated carbocycles. The Balaban J connectivity index is 2.59. The average molecular weight is 279 g/mol. The van der Waals surface area contributed by atoms with Gasteiger partial charge in [0.1, 0.15) is 0 Å². The standard InChI is InChI=1S/C15H25N3O2/c1-13-4-6-14(7-5-13)18(10-3-8-16)12-15(19)17-9-11-20-2/h4-7H,3,8-12,16H2,1-2H3,(H,17,19). The summed E-state index contributed by atoms with van der Waals surface area (Å²) < 4.78 is 4.92. The number of rotatable bonds is 9. The summed E-state index contributed by atoms with van der Waals surface area (Å²) >= 11 is 0. The van der Waals surface area contributed by atoms with Crippen LogP contribution in [0.4, 0.5) is 5.69 Å². The summed E-state index contributed by atoms with van der Waals surface area (Å²) in [6.45, 7) is 4.84. The quantitative estimate of drug-likeness (QED) is 0.659. The second-order valence-electron chi connectivity index (χ2n) is 4.74. The van der Waals surface area contributed by atoms with E-state index in [9.17, 15) is 4.79 Å². The molecular formula is C15H25N3O2. The number of aryl methyl sites for hydroxylation is 1. The number of carbonyl (C=O) groups excluding carboxylic acids is 1. The van der Waals surface area contributed by atoms with Gasteiger partial charge in [-0.15, -0.1) is 0 Å². The lowest BCUT2D eigenvalue weighted by molar-refractivity contribution is -0.119. The molecule has 1 aromatic carbocycles. The van der Waals surface area contributed by atoms with Gasteiger partial charge in [0, 0.05) is 25.9 Å². The second-order valence-corrected chi connectivity index (χ2v) is 4.74. The first-order valence-electron chi connectivity index (χ1n) is 6.94. The maximum atomic E-state index is 11.9. The molecule has 5 nitrogen and oxygen atoms in total. The van der Waals surface area contributed by atoms with Crippen LogP contribution in [-0.4, -0.2) is 45.8 Å². The van der Waals surface area contributed by atoms with E-state index in [4.69, 9.17) is 10.5 Å². The molecule has 112 valence electrons. The Kier molecular flexibility index (Phi) is 7.69. The zero-order valence-electron chi connectivity index (χ0n) is 12.4. The van der Waals surface area contributed by atoms with E-state index in [2.05, 4.69) is 10.2 Å². The minimum absolute atomic E-state index is 0.000327. The zero-order valence-corrected chi connectivity index (χ0v) is 12.4. The molecule has 0 atom stereocenters. The SMILES string of the molecule is COCCNC(=O)CN(CCCN)c1ccc(C)cc1. The lowest BCUT2D eigenvalue weighted by Crippen LogP contribution is -2.39. The van der Waals surface area contributed by atoms with Crippen molar-refractivity contribution in [2.24, 2.45) is 5.73 Å². The molecule has 0 unspecified atom stereocenters. The van der Waals surface area contributed by atoms with Crippen LogP contribution in [-0.2, 0) is 9.53 Å². The van der Waals surface area contributed by atoms with Crippen LogP contribution in [0, 0.1) is 6.92 Å². The molecule has 0 radical (unpaired) electrons. The van der Waals surface area contributed by atoms with Crippen LogP contribution < -0.4 is 16.0 Å². The largest absolute Gasteiger partial charge is 0.383 e. The van der Waals surface area contributed by atoms with Crippen molar-refractivity contribution in [3.63, 3.8) is 0 Å². The molecule has 0 bridgehead atoms. The minimum atomic E-state index is -0.000327. The smallest absolute Gasteiger partial charge is 0.239 e. The highest BCUT2D eigenvalue weighted by Gasteiger charge is 2.10. The second kappa shape index (κ2) is 9.34. The van der Waals surface area contributed by atoms with Crippen molar-refractivity contribution in [2.75, 3.05) is 44.8 Å². The Morgan fingerprint density at radius 1 is 1.35 bits per heavy atom. The van der Waals surface area contributed by atoms with Crippen LogP contribution in [0.25, 0.3) is 0 Å². The van der Waals surface area contributed by atoms with Gasteiger partial charge in [0.2, 0.25) is 5.91 Å². The van der Waals surface area contributed by atoms with Crippen molar-refractivity contribution in [1.82, 2.24) is 5.32 Å². The lowest BCUT2D eigenvalue weighted by atomic mass is 10.2. The number of nitrogens with zero attached hydrogens (tertiary/aromatic N) is 1. The normalized spacial score (nSPS) is 10.3. The molecule has 0 aliphatic rings. The number of nitrogens with two attached hydrogens (primary N) is 1. The molecule has 0 aromatic heterocycles. The number of benzene rings is 1. The molecule has 0 saturated heterocycles. The first-order valence-corrected chi connectivity index (χ1v) is 6.94. The van der Waals surface area contributed by atoms with Gasteiger partial charge in [-0.05, 0) is 32.0 Å². The highest BCUT2D eigenvalue weighted by Crippen LogP contribution is 2.15. The van der Waals surface area contributed by atoms with Gasteiger partial charge in [0.05, 0.1) is 13.2 Å². The van der Waals surface area contributed by atoms with Gasteiger partial charge >= 0.3 is 0 Å². The number of carbonyl (C=O) groups is 1. The van der Waals surface area contributed by atoms with Gasteiger partial charge in [0.15, 0.2) is 0 Å². The van der Waals surface area contributed by atoms with Gasteiger partial charge in [-0.1, -0.05) is 17.7 Å². The third-order valence-electron chi connectivity index (χ3n) is 2.99. The number of anilines is 1. The molecular weight excluding hydrogens is 254 g/mol. The molecule has 0 spiro atoms. The van der Waals surface area contributed by atoms with Crippen molar-refractivity contribution in [1.29, 1.82) is 0 Å². The van der Waals surface area contributed by atoms with Crippen molar-refractivity contribution >= 4 is 11.6 Å². The van der Waals surface area contributed by atoms with E-state index in [1.165, 1.54) is 5.56 Å². The summed E-state index contributed by atoms with van der Waals surface area (Å²) in [5.74, 6) is -0.000327. The van der Waals surface area contributed by atoms with Crippen molar-refractivity contribution < 1.29 is 9.53 Å². The van der Waals surface area contributed by atoms with E-state index < -0.39 is 0 Å². The molecule has 1 aromatic rings. The van der Waals surface area contributed by atoms with Gasteiger partial charge in [-0.2, -0.15) is 0 Å². The number of hydrogen-bond acceptors (Lipinski definition) is 4. The van der Waals surface area contributed by atoms with E-state index in [0.29, 0.717) is 26.2 Å². The Morgan fingerprint density at radius 2 is 2.05 bits per heavy atom. The summed E-state index contributed by atoms with van der Waals surface area (Å²) in [7, 11) is 1.62. The molecule has 3 N–H and O–H groups in total. The molecule has 5 heteroatoms. The zero-order chi connectivity index (χ0) is 14.8. The Labute approximate surface area is 121 Å². The van der Waals surface area contributed by atoms with Crippen LogP contribution in [0.1, 0.15) is 12.0 Å². The third-order valence-corrected chi connectivity index (χ3v) is 2.99. The highest BCUT2D eigenvalue weighted by molar-refractivity contribution is 5.81. The molecule has 1 amide bonds. The van der Waals surface area contributed by atoms with Crippen molar-refractivity contribution in [2.45, 2.75) is 13.3 Å². The Morgan fingerprint density at radius 3 is 2.65 bits per heavy atom. The average Bonchev–Trinajstić information content (AvgIpc) is 2.44. The predicted octanol–water partition coefficient (Wildman–Crippen LogP) is 0.913. The summed E-state index contributed by atoms with van der Waals surface area (Å²) in [6.07, 6.45) is 0.860. The molecule has 0 aliphatic heterocycles. The lowest BCUT2D eigenvalue weighted by Gasteiger charge is -2.24. The number of ether oxygens (including phenoxy) is 1. The molecule has 0 aliphatic carbocycles. The van der Waals surface area contributed by atoms with Crippen LogP contribution >= 0.6 is 0 Å². The van der Waals surface area contributed by atoms with Gasteiger partial charge in [-0.25, -0.2) is 0 Å². The number of hydrogen-bond donors (Lipinski definition) is 2. The van der Waals surface area contributed by atoms with E-state index in [0.717, 1.165) is 18.7 Å². The maximum Gasteiger partial charge on any atom is 0.239 e. The van der Waals surface area contributed by atoms with Gasteiger partial charge in [-0.3, -0.25) is 4.79 Å². The fraction of sp³-hybridized carbons (Fsp3) is 0.533. The predicted molar refractivity (Wildman–Crippen MR) is 81.9 cm³/mol. The summed E-state index contributed by atoms with van der Waals surface area (Å²) in [6, 6.07) is 8.17. The van der Waals surface area contributed by atoms with Crippen molar-refractivity contribution in [3.8, 4) is 0 Å². The first kappa shape index (κ1) is 16.5. The number of amides is 1. The van der Waals surface area contributed by atoms with Crippen LogP contribution in [0.5, 0.6) is 0 Å². The highest BCUT2D eigenvalue weighted by atomic mass is 16.5. The summed E-state index contributed by atoms with van der Waals surface area (Å²) in [5, 5.41) is 2.83. The van der Waals surface area contributed by atoms with Crippen LogP contribution in [0.2, 0.25) is 0 Å². The van der Waals surface area contributed by atoms with Gasteiger partial charge < -0.3 is 20.7 Å². The summed E-state index contributed by atoms with van der Waals surface area (Å²) in [4.78, 5) is 13.9. The monoisotopic (exact) mass is 279 g/mol.